The molecule has 0 aliphatic carbocycles. The van der Waals surface area contributed by atoms with Gasteiger partial charge in [0.1, 0.15) is 5.75 Å². The summed E-state index contributed by atoms with van der Waals surface area (Å²) in [4.78, 5) is 4.20. The molecule has 1 aromatic heterocycles. The first-order valence-corrected chi connectivity index (χ1v) is 5.15. The molecule has 82 valence electrons. The largest absolute Gasteiger partial charge is 0.497 e. The average molecular weight is 235 g/mol. The van der Waals surface area contributed by atoms with Gasteiger partial charge in [-0.3, -0.25) is 0 Å². The minimum atomic E-state index is 0.320. The summed E-state index contributed by atoms with van der Waals surface area (Å²) < 4.78 is 5.14. The maximum Gasteiger partial charge on any atom is 0.152 e. The van der Waals surface area contributed by atoms with Crippen LogP contribution in [0.15, 0.2) is 36.4 Å². The highest BCUT2D eigenvalue weighted by Crippen LogP contribution is 2.25. The smallest absolute Gasteiger partial charge is 0.152 e. The van der Waals surface area contributed by atoms with Gasteiger partial charge in [-0.05, 0) is 24.3 Å². The minimum Gasteiger partial charge on any atom is -0.497 e. The second-order valence-corrected chi connectivity index (χ2v) is 3.67. The van der Waals surface area contributed by atoms with E-state index in [-0.39, 0.29) is 0 Å². The molecule has 2 rings (SSSR count). The van der Waals surface area contributed by atoms with Gasteiger partial charge in [0.2, 0.25) is 0 Å². The Hall–Kier alpha value is -1.74. The lowest BCUT2D eigenvalue weighted by molar-refractivity contribution is 0.415. The summed E-state index contributed by atoms with van der Waals surface area (Å²) in [5.41, 5.74) is 7.81. The maximum absolute atomic E-state index is 5.87. The monoisotopic (exact) mass is 234 g/mol. The van der Waals surface area contributed by atoms with Gasteiger partial charge in [0.25, 0.3) is 0 Å². The molecular formula is C12H11ClN2O. The van der Waals surface area contributed by atoms with Gasteiger partial charge < -0.3 is 10.5 Å². The van der Waals surface area contributed by atoms with Crippen molar-refractivity contribution in [3.63, 3.8) is 0 Å². The molecule has 1 aromatic carbocycles. The third kappa shape index (κ3) is 2.09. The zero-order valence-electron chi connectivity index (χ0n) is 8.77. The van der Waals surface area contributed by atoms with Crippen molar-refractivity contribution >= 4 is 17.3 Å². The van der Waals surface area contributed by atoms with Gasteiger partial charge in [0, 0.05) is 5.56 Å². The van der Waals surface area contributed by atoms with Crippen molar-refractivity contribution in [2.75, 3.05) is 12.8 Å². The van der Waals surface area contributed by atoms with Crippen LogP contribution >= 0.6 is 11.6 Å². The molecule has 0 aliphatic heterocycles. The zero-order valence-corrected chi connectivity index (χ0v) is 9.53. The fourth-order valence-corrected chi connectivity index (χ4v) is 1.54. The van der Waals surface area contributed by atoms with E-state index in [0.29, 0.717) is 10.8 Å². The van der Waals surface area contributed by atoms with Crippen LogP contribution < -0.4 is 10.5 Å². The number of halogens is 1. The van der Waals surface area contributed by atoms with E-state index in [2.05, 4.69) is 4.98 Å². The van der Waals surface area contributed by atoms with Gasteiger partial charge >= 0.3 is 0 Å². The van der Waals surface area contributed by atoms with Crippen molar-refractivity contribution in [1.82, 2.24) is 4.98 Å². The Balaban J connectivity index is 2.46. The molecule has 1 heterocycles. The normalized spacial score (nSPS) is 10.1. The first kappa shape index (κ1) is 10.8. The molecular weight excluding hydrogens is 224 g/mol. The van der Waals surface area contributed by atoms with Crippen LogP contribution in [0.4, 0.5) is 5.69 Å². The molecule has 3 nitrogen and oxygen atoms in total. The van der Waals surface area contributed by atoms with E-state index in [1.54, 1.807) is 13.2 Å². The van der Waals surface area contributed by atoms with E-state index < -0.39 is 0 Å². The number of ether oxygens (including phenoxy) is 1. The summed E-state index contributed by atoms with van der Waals surface area (Å²) in [5, 5.41) is 0.320. The molecule has 0 saturated heterocycles. The summed E-state index contributed by atoms with van der Waals surface area (Å²) in [6.45, 7) is 0. The van der Waals surface area contributed by atoms with Crippen molar-refractivity contribution in [3.8, 4) is 17.0 Å². The highest BCUT2D eigenvalue weighted by atomic mass is 35.5. The predicted octanol–water partition coefficient (Wildman–Crippen LogP) is 2.99. The molecule has 2 aromatic rings. The molecule has 0 aliphatic rings. The van der Waals surface area contributed by atoms with E-state index in [1.807, 2.05) is 30.3 Å². The maximum atomic E-state index is 5.87. The SMILES string of the molecule is COc1cccc(-c2ccc(N)c(Cl)n2)c1. The minimum absolute atomic E-state index is 0.320. The van der Waals surface area contributed by atoms with Crippen LogP contribution in [0.3, 0.4) is 0 Å². The summed E-state index contributed by atoms with van der Waals surface area (Å²) >= 11 is 5.87. The van der Waals surface area contributed by atoms with Crippen molar-refractivity contribution in [2.24, 2.45) is 0 Å². The number of aromatic nitrogens is 1. The zero-order chi connectivity index (χ0) is 11.5. The summed E-state index contributed by atoms with van der Waals surface area (Å²) in [7, 11) is 1.63. The predicted molar refractivity (Wildman–Crippen MR) is 65.6 cm³/mol. The summed E-state index contributed by atoms with van der Waals surface area (Å²) in [6, 6.07) is 11.2. The molecule has 16 heavy (non-hydrogen) atoms. The Kier molecular flexibility index (Phi) is 2.97. The average Bonchev–Trinajstić information content (AvgIpc) is 2.33. The lowest BCUT2D eigenvalue weighted by Gasteiger charge is -2.05. The van der Waals surface area contributed by atoms with Crippen LogP contribution in [0.2, 0.25) is 5.15 Å². The van der Waals surface area contributed by atoms with Gasteiger partial charge in [-0.2, -0.15) is 0 Å². The number of hydrogen-bond acceptors (Lipinski definition) is 3. The Labute approximate surface area is 98.8 Å². The molecule has 0 fully saturated rings. The number of methoxy groups -OCH3 is 1. The van der Waals surface area contributed by atoms with Crippen LogP contribution in [0.25, 0.3) is 11.3 Å². The molecule has 0 atom stereocenters. The van der Waals surface area contributed by atoms with E-state index in [4.69, 9.17) is 22.1 Å². The topological polar surface area (TPSA) is 48.1 Å². The number of anilines is 1. The van der Waals surface area contributed by atoms with Crippen LogP contribution in [0.1, 0.15) is 0 Å². The molecule has 4 heteroatoms. The van der Waals surface area contributed by atoms with E-state index in [9.17, 15) is 0 Å². The van der Waals surface area contributed by atoms with Crippen LogP contribution in [-0.2, 0) is 0 Å². The Morgan fingerprint density at radius 2 is 2.06 bits per heavy atom. The van der Waals surface area contributed by atoms with Gasteiger partial charge in [-0.15, -0.1) is 0 Å². The fraction of sp³-hybridized carbons (Fsp3) is 0.0833. The highest BCUT2D eigenvalue weighted by molar-refractivity contribution is 6.31. The first-order chi connectivity index (χ1) is 7.70. The molecule has 0 bridgehead atoms. The number of nitrogens with two attached hydrogens (primary N) is 1. The van der Waals surface area contributed by atoms with Gasteiger partial charge in [0.05, 0.1) is 18.5 Å². The van der Waals surface area contributed by atoms with Gasteiger partial charge in [0.15, 0.2) is 5.15 Å². The third-order valence-electron chi connectivity index (χ3n) is 2.24. The quantitative estimate of drug-likeness (QED) is 0.813. The van der Waals surface area contributed by atoms with Gasteiger partial charge in [-0.25, -0.2) is 4.98 Å². The fourth-order valence-electron chi connectivity index (χ4n) is 1.39. The number of hydrogen-bond donors (Lipinski definition) is 1. The van der Waals surface area contributed by atoms with Crippen LogP contribution in [0.5, 0.6) is 5.75 Å². The van der Waals surface area contributed by atoms with E-state index in [1.165, 1.54) is 0 Å². The molecule has 0 amide bonds. The Bertz CT molecular complexity index is 514. The molecule has 0 radical (unpaired) electrons. The lowest BCUT2D eigenvalue weighted by atomic mass is 10.1. The molecule has 0 saturated carbocycles. The third-order valence-corrected chi connectivity index (χ3v) is 2.55. The number of nitrogens with zero attached hydrogens (tertiary/aromatic N) is 1. The second-order valence-electron chi connectivity index (χ2n) is 3.31. The van der Waals surface area contributed by atoms with Crippen LogP contribution in [-0.4, -0.2) is 12.1 Å². The summed E-state index contributed by atoms with van der Waals surface area (Å²) in [5.74, 6) is 0.784. The molecule has 2 N–H and O–H groups in total. The number of nitrogen functional groups attached to an aromatic ring is 1. The van der Waals surface area contributed by atoms with E-state index in [0.717, 1.165) is 17.0 Å². The lowest BCUT2D eigenvalue weighted by Crippen LogP contribution is -1.91. The molecule has 0 spiro atoms. The van der Waals surface area contributed by atoms with Crippen molar-refractivity contribution in [2.45, 2.75) is 0 Å². The Morgan fingerprint density at radius 3 is 2.75 bits per heavy atom. The number of pyridine rings is 1. The first-order valence-electron chi connectivity index (χ1n) is 4.77. The molecule has 0 unspecified atom stereocenters. The van der Waals surface area contributed by atoms with Crippen LogP contribution in [0, 0.1) is 0 Å². The van der Waals surface area contributed by atoms with Crippen molar-refractivity contribution < 1.29 is 4.74 Å². The highest BCUT2D eigenvalue weighted by Gasteiger charge is 2.03. The van der Waals surface area contributed by atoms with Crippen molar-refractivity contribution in [1.29, 1.82) is 0 Å². The Morgan fingerprint density at radius 1 is 1.25 bits per heavy atom. The van der Waals surface area contributed by atoms with E-state index >= 15 is 0 Å². The van der Waals surface area contributed by atoms with Gasteiger partial charge in [-0.1, -0.05) is 23.7 Å². The van der Waals surface area contributed by atoms with Crippen molar-refractivity contribution in [3.05, 3.63) is 41.6 Å². The second kappa shape index (κ2) is 4.41. The number of rotatable bonds is 2. The summed E-state index contributed by atoms with van der Waals surface area (Å²) in [6.07, 6.45) is 0. The number of benzene rings is 1. The standard InChI is InChI=1S/C12H11ClN2O/c1-16-9-4-2-3-8(7-9)11-6-5-10(14)12(13)15-11/h2-7H,14H2,1H3.